The Bertz CT molecular complexity index is 1980. The van der Waals surface area contributed by atoms with E-state index in [1.807, 2.05) is 121 Å². The number of aliphatic hydroxyl groups excluding tert-OH is 1. The summed E-state index contributed by atoms with van der Waals surface area (Å²) in [5, 5.41) is 11.9. The fraction of sp³-hybridized carbons (Fsp3) is 0.417. The minimum Gasteiger partial charge on any atom is -0.444 e. The molecule has 0 spiro atoms. The van der Waals surface area contributed by atoms with Crippen LogP contribution in [0.15, 0.2) is 121 Å². The standard InChI is InChI=1S/C48H55NO10/c1-46(2,3)59-45(52)49-47(4,5)57-34-48(49,33-50)41(51)27-26-39-42(54-29-36-20-12-7-13-21-36)44(56-31-38-24-16-9-17-25-38)43(55-30-37-22-14-8-15-23-37)40(58-39)32-53-28-35-18-10-6-11-19-35/h6-25,33,39-44,51H,28-32,34H2,1-5H3/t39-,40-,41?,42-,43-,44-,48-/m1/s1. The first kappa shape index (κ1) is 43.7. The zero-order valence-corrected chi connectivity index (χ0v) is 34.4. The molecule has 11 heteroatoms. The summed E-state index contributed by atoms with van der Waals surface area (Å²) >= 11 is 0. The second kappa shape index (κ2) is 19.9. The molecule has 0 bridgehead atoms. The van der Waals surface area contributed by atoms with Crippen molar-refractivity contribution in [3.05, 3.63) is 144 Å². The summed E-state index contributed by atoms with van der Waals surface area (Å²) in [5.41, 5.74) is -0.273. The van der Waals surface area contributed by atoms with Gasteiger partial charge in [0.1, 0.15) is 47.9 Å². The van der Waals surface area contributed by atoms with Crippen LogP contribution in [0, 0.1) is 11.8 Å². The second-order valence-electron chi connectivity index (χ2n) is 16.2. The number of rotatable bonds is 15. The van der Waals surface area contributed by atoms with Gasteiger partial charge in [-0.25, -0.2) is 4.79 Å². The quantitative estimate of drug-likeness (QED) is 0.0991. The highest BCUT2D eigenvalue weighted by atomic mass is 16.6. The highest BCUT2D eigenvalue weighted by Gasteiger charge is 2.59. The summed E-state index contributed by atoms with van der Waals surface area (Å²) in [7, 11) is 0. The van der Waals surface area contributed by atoms with Crippen LogP contribution in [-0.2, 0) is 64.4 Å². The fourth-order valence-corrected chi connectivity index (χ4v) is 7.16. The van der Waals surface area contributed by atoms with Gasteiger partial charge < -0.3 is 43.1 Å². The summed E-state index contributed by atoms with van der Waals surface area (Å²) < 4.78 is 45.0. The van der Waals surface area contributed by atoms with Gasteiger partial charge in [0.2, 0.25) is 0 Å². The molecule has 4 aromatic rings. The van der Waals surface area contributed by atoms with Crippen LogP contribution in [0.25, 0.3) is 0 Å². The van der Waals surface area contributed by atoms with Gasteiger partial charge in [0.05, 0.1) is 39.6 Å². The van der Waals surface area contributed by atoms with E-state index in [9.17, 15) is 14.7 Å². The van der Waals surface area contributed by atoms with Crippen molar-refractivity contribution < 1.29 is 47.9 Å². The lowest BCUT2D eigenvalue weighted by atomic mass is 9.91. The normalized spacial score (nSPS) is 24.4. The fourth-order valence-electron chi connectivity index (χ4n) is 7.16. The Morgan fingerprint density at radius 1 is 0.763 bits per heavy atom. The molecule has 2 heterocycles. The molecule has 6 rings (SSSR count). The van der Waals surface area contributed by atoms with Gasteiger partial charge >= 0.3 is 6.09 Å². The Labute approximate surface area is 347 Å². The monoisotopic (exact) mass is 805 g/mol. The molecule has 2 aliphatic heterocycles. The molecule has 312 valence electrons. The van der Waals surface area contributed by atoms with E-state index in [0.717, 1.165) is 27.2 Å². The Kier molecular flexibility index (Phi) is 14.7. The number of aldehydes is 1. The third-order valence-electron chi connectivity index (χ3n) is 10.1. The van der Waals surface area contributed by atoms with Crippen molar-refractivity contribution in [1.82, 2.24) is 4.90 Å². The van der Waals surface area contributed by atoms with E-state index in [1.54, 1.807) is 34.6 Å². The van der Waals surface area contributed by atoms with Gasteiger partial charge in [-0.15, -0.1) is 0 Å². The van der Waals surface area contributed by atoms with Crippen molar-refractivity contribution in [3.63, 3.8) is 0 Å². The molecule has 0 aliphatic carbocycles. The summed E-state index contributed by atoms with van der Waals surface area (Å²) in [4.78, 5) is 27.8. The Morgan fingerprint density at radius 3 is 1.69 bits per heavy atom. The molecule has 0 radical (unpaired) electrons. The molecule has 11 nitrogen and oxygen atoms in total. The smallest absolute Gasteiger partial charge is 0.413 e. The van der Waals surface area contributed by atoms with E-state index in [2.05, 4.69) is 11.8 Å². The van der Waals surface area contributed by atoms with Crippen molar-refractivity contribution in [1.29, 1.82) is 0 Å². The van der Waals surface area contributed by atoms with Crippen molar-refractivity contribution in [2.24, 2.45) is 0 Å². The van der Waals surface area contributed by atoms with Crippen LogP contribution in [0.2, 0.25) is 0 Å². The van der Waals surface area contributed by atoms with E-state index in [4.69, 9.17) is 33.2 Å². The molecule has 1 N–H and O–H groups in total. The highest BCUT2D eigenvalue weighted by molar-refractivity contribution is 5.80. The van der Waals surface area contributed by atoms with E-state index < -0.39 is 59.6 Å². The average molecular weight is 806 g/mol. The minimum absolute atomic E-state index is 0.110. The Balaban J connectivity index is 1.38. The molecular formula is C48H55NO10. The molecule has 2 saturated heterocycles. The Hall–Kier alpha value is -4.90. The summed E-state index contributed by atoms with van der Waals surface area (Å²) in [6.45, 7) is 9.21. The van der Waals surface area contributed by atoms with Gasteiger partial charge in [0.25, 0.3) is 0 Å². The number of aliphatic hydroxyl groups is 1. The number of hydrogen-bond donors (Lipinski definition) is 1. The summed E-state index contributed by atoms with van der Waals surface area (Å²) in [5.74, 6) is 5.98. The van der Waals surface area contributed by atoms with Crippen LogP contribution < -0.4 is 0 Å². The molecule has 2 aliphatic rings. The first-order valence-electron chi connectivity index (χ1n) is 19.9. The van der Waals surface area contributed by atoms with Crippen LogP contribution in [0.5, 0.6) is 0 Å². The van der Waals surface area contributed by atoms with Crippen molar-refractivity contribution in [2.45, 2.75) is 115 Å². The maximum atomic E-state index is 13.6. The Morgan fingerprint density at radius 2 is 1.22 bits per heavy atom. The number of benzene rings is 4. The minimum atomic E-state index is -1.89. The second-order valence-corrected chi connectivity index (χ2v) is 16.2. The van der Waals surface area contributed by atoms with E-state index in [1.165, 1.54) is 0 Å². The first-order chi connectivity index (χ1) is 28.4. The molecule has 59 heavy (non-hydrogen) atoms. The van der Waals surface area contributed by atoms with Gasteiger partial charge in [0, 0.05) is 0 Å². The molecule has 7 atom stereocenters. The summed E-state index contributed by atoms with van der Waals surface area (Å²) in [6, 6.07) is 39.1. The maximum Gasteiger partial charge on any atom is 0.413 e. The molecular weight excluding hydrogens is 751 g/mol. The largest absolute Gasteiger partial charge is 0.444 e. The first-order valence-corrected chi connectivity index (χ1v) is 19.9. The lowest BCUT2D eigenvalue weighted by Crippen LogP contribution is -2.63. The maximum absolute atomic E-state index is 13.6. The van der Waals surface area contributed by atoms with Crippen LogP contribution in [0.3, 0.4) is 0 Å². The van der Waals surface area contributed by atoms with Crippen molar-refractivity contribution in [2.75, 3.05) is 13.2 Å². The molecule has 2 fully saturated rings. The van der Waals surface area contributed by atoms with Gasteiger partial charge in [-0.3, -0.25) is 4.90 Å². The molecule has 4 aromatic carbocycles. The van der Waals surface area contributed by atoms with E-state index in [-0.39, 0.29) is 33.0 Å². The van der Waals surface area contributed by atoms with Crippen LogP contribution in [0.4, 0.5) is 4.79 Å². The van der Waals surface area contributed by atoms with Crippen LogP contribution >= 0.6 is 0 Å². The third kappa shape index (κ3) is 11.4. The van der Waals surface area contributed by atoms with Gasteiger partial charge in [-0.05, 0) is 56.9 Å². The van der Waals surface area contributed by atoms with Crippen molar-refractivity contribution in [3.8, 4) is 11.8 Å². The predicted octanol–water partition coefficient (Wildman–Crippen LogP) is 7.03. The molecule has 1 unspecified atom stereocenters. The topological polar surface area (TPSA) is 122 Å². The van der Waals surface area contributed by atoms with Crippen molar-refractivity contribution >= 4 is 12.4 Å². The number of hydrogen-bond acceptors (Lipinski definition) is 10. The lowest BCUT2D eigenvalue weighted by Gasteiger charge is -2.45. The predicted molar refractivity (Wildman–Crippen MR) is 220 cm³/mol. The number of ether oxygens (including phenoxy) is 7. The molecule has 0 saturated carbocycles. The van der Waals surface area contributed by atoms with Gasteiger partial charge in [-0.1, -0.05) is 133 Å². The summed E-state index contributed by atoms with van der Waals surface area (Å²) in [6.07, 6.45) is -6.11. The average Bonchev–Trinajstić information content (AvgIpc) is 3.53. The van der Waals surface area contributed by atoms with E-state index >= 15 is 0 Å². The highest BCUT2D eigenvalue weighted by Crippen LogP contribution is 2.38. The van der Waals surface area contributed by atoms with E-state index in [0.29, 0.717) is 12.9 Å². The van der Waals surface area contributed by atoms with Crippen LogP contribution in [-0.4, -0.2) is 89.1 Å². The van der Waals surface area contributed by atoms with Crippen LogP contribution in [0.1, 0.15) is 56.9 Å². The SMILES string of the molecule is CC(C)(C)OC(=O)N1C(C)(C)OC[C@]1(C=O)C(O)C#C[C@H]1O[C@H](COCc2ccccc2)[C@@H](OCc2ccccc2)[C@H](OCc2ccccc2)[C@@H]1OCc1ccccc1. The number of carbonyl (C=O) groups is 2. The van der Waals surface area contributed by atoms with Gasteiger partial charge in [0.15, 0.2) is 11.8 Å². The number of amides is 1. The third-order valence-corrected chi connectivity index (χ3v) is 10.1. The zero-order valence-electron chi connectivity index (χ0n) is 34.4. The molecule has 0 aromatic heterocycles. The lowest BCUT2D eigenvalue weighted by molar-refractivity contribution is -0.261. The molecule has 1 amide bonds. The number of nitrogens with zero attached hydrogens (tertiary/aromatic N) is 1. The van der Waals surface area contributed by atoms with Gasteiger partial charge in [-0.2, -0.15) is 0 Å². The number of carbonyl (C=O) groups excluding carboxylic acids is 2. The zero-order chi connectivity index (χ0) is 41.9.